The Bertz CT molecular complexity index is 916. The molecule has 27 heavy (non-hydrogen) atoms. The van der Waals surface area contributed by atoms with Crippen LogP contribution in [0.25, 0.3) is 0 Å². The predicted molar refractivity (Wildman–Crippen MR) is 107 cm³/mol. The first-order chi connectivity index (χ1) is 13.2. The molecule has 0 radical (unpaired) electrons. The third kappa shape index (κ3) is 5.31. The van der Waals surface area contributed by atoms with Gasteiger partial charge in [-0.2, -0.15) is 0 Å². The molecule has 138 valence electrons. The number of nitrogens with one attached hydrogen (secondary N) is 1. The standard InChI is InChI=1S/C21H19BrN2O3/c1-26-20-9-16(11-24-21(25)17-10-18(22)13-23-12-17)7-8-19(20)27-14-15-5-3-2-4-6-15/h2-10,12-13H,11,14H2,1H3,(H,24,25). The Morgan fingerprint density at radius 3 is 2.59 bits per heavy atom. The first kappa shape index (κ1) is 18.9. The summed E-state index contributed by atoms with van der Waals surface area (Å²) in [6.45, 7) is 0.837. The second-order valence-electron chi connectivity index (χ2n) is 5.83. The van der Waals surface area contributed by atoms with E-state index in [0.29, 0.717) is 30.2 Å². The third-order valence-electron chi connectivity index (χ3n) is 3.89. The number of hydrogen-bond donors (Lipinski definition) is 1. The van der Waals surface area contributed by atoms with Gasteiger partial charge in [0.1, 0.15) is 6.61 Å². The summed E-state index contributed by atoms with van der Waals surface area (Å²) < 4.78 is 12.0. The maximum absolute atomic E-state index is 12.2. The molecule has 0 fully saturated rings. The van der Waals surface area contributed by atoms with Crippen LogP contribution in [0.1, 0.15) is 21.5 Å². The Kier molecular flexibility index (Phi) is 6.44. The number of methoxy groups -OCH3 is 1. The Balaban J connectivity index is 1.62. The normalized spacial score (nSPS) is 10.3. The Labute approximate surface area is 166 Å². The fourth-order valence-corrected chi connectivity index (χ4v) is 2.86. The number of pyridine rings is 1. The molecular weight excluding hydrogens is 408 g/mol. The molecule has 0 bridgehead atoms. The van der Waals surface area contributed by atoms with Crippen molar-refractivity contribution >= 4 is 21.8 Å². The highest BCUT2D eigenvalue weighted by Crippen LogP contribution is 2.29. The van der Waals surface area contributed by atoms with Gasteiger partial charge in [0, 0.05) is 23.4 Å². The summed E-state index contributed by atoms with van der Waals surface area (Å²) in [7, 11) is 1.60. The fraction of sp³-hybridized carbons (Fsp3) is 0.143. The van der Waals surface area contributed by atoms with Crippen molar-refractivity contribution in [3.05, 3.63) is 88.2 Å². The summed E-state index contributed by atoms with van der Waals surface area (Å²) in [5, 5.41) is 2.87. The molecule has 0 saturated carbocycles. The number of amides is 1. The van der Waals surface area contributed by atoms with Crippen molar-refractivity contribution < 1.29 is 14.3 Å². The van der Waals surface area contributed by atoms with E-state index in [0.717, 1.165) is 15.6 Å². The zero-order valence-electron chi connectivity index (χ0n) is 14.8. The van der Waals surface area contributed by atoms with E-state index in [1.807, 2.05) is 48.5 Å². The lowest BCUT2D eigenvalue weighted by atomic mass is 10.2. The van der Waals surface area contributed by atoms with E-state index in [9.17, 15) is 4.79 Å². The quantitative estimate of drug-likeness (QED) is 0.609. The molecule has 3 aromatic rings. The molecule has 0 aliphatic carbocycles. The van der Waals surface area contributed by atoms with E-state index in [1.54, 1.807) is 19.4 Å². The number of hydrogen-bond acceptors (Lipinski definition) is 4. The molecule has 5 nitrogen and oxygen atoms in total. The van der Waals surface area contributed by atoms with Gasteiger partial charge in [0.15, 0.2) is 11.5 Å². The molecule has 1 amide bonds. The van der Waals surface area contributed by atoms with E-state index < -0.39 is 0 Å². The van der Waals surface area contributed by atoms with Crippen molar-refractivity contribution in [2.75, 3.05) is 7.11 Å². The number of carbonyl (C=O) groups excluding carboxylic acids is 1. The van der Waals surface area contributed by atoms with Crippen LogP contribution in [-0.4, -0.2) is 18.0 Å². The SMILES string of the molecule is COc1cc(CNC(=O)c2cncc(Br)c2)ccc1OCc1ccccc1. The van der Waals surface area contributed by atoms with Crippen molar-refractivity contribution in [1.29, 1.82) is 0 Å². The summed E-state index contributed by atoms with van der Waals surface area (Å²) in [6.07, 6.45) is 3.16. The molecule has 0 saturated heterocycles. The van der Waals surface area contributed by atoms with Gasteiger partial charge in [-0.15, -0.1) is 0 Å². The fourth-order valence-electron chi connectivity index (χ4n) is 2.50. The summed E-state index contributed by atoms with van der Waals surface area (Å²) in [5.41, 5.74) is 2.49. The molecule has 1 heterocycles. The Morgan fingerprint density at radius 1 is 1.04 bits per heavy atom. The minimum absolute atomic E-state index is 0.188. The molecule has 0 unspecified atom stereocenters. The van der Waals surface area contributed by atoms with E-state index >= 15 is 0 Å². The lowest BCUT2D eigenvalue weighted by Gasteiger charge is -2.13. The van der Waals surface area contributed by atoms with Crippen LogP contribution in [-0.2, 0) is 13.2 Å². The first-order valence-electron chi connectivity index (χ1n) is 8.38. The number of carbonyl (C=O) groups is 1. The number of rotatable bonds is 7. The van der Waals surface area contributed by atoms with Crippen molar-refractivity contribution in [2.45, 2.75) is 13.2 Å². The van der Waals surface area contributed by atoms with Crippen LogP contribution < -0.4 is 14.8 Å². The average Bonchev–Trinajstić information content (AvgIpc) is 2.71. The summed E-state index contributed by atoms with van der Waals surface area (Å²) >= 11 is 3.31. The lowest BCUT2D eigenvalue weighted by Crippen LogP contribution is -2.22. The molecule has 2 aromatic carbocycles. The molecule has 0 spiro atoms. The Morgan fingerprint density at radius 2 is 1.85 bits per heavy atom. The largest absolute Gasteiger partial charge is 0.493 e. The molecule has 0 atom stereocenters. The van der Waals surface area contributed by atoms with Crippen molar-refractivity contribution in [3.8, 4) is 11.5 Å². The van der Waals surface area contributed by atoms with Gasteiger partial charge < -0.3 is 14.8 Å². The summed E-state index contributed by atoms with van der Waals surface area (Å²) in [5.74, 6) is 1.10. The molecule has 0 aliphatic rings. The maximum Gasteiger partial charge on any atom is 0.253 e. The summed E-state index contributed by atoms with van der Waals surface area (Å²) in [6, 6.07) is 17.3. The summed E-state index contributed by atoms with van der Waals surface area (Å²) in [4.78, 5) is 16.2. The molecule has 1 N–H and O–H groups in total. The highest BCUT2D eigenvalue weighted by atomic mass is 79.9. The number of nitrogens with zero attached hydrogens (tertiary/aromatic N) is 1. The van der Waals surface area contributed by atoms with E-state index in [4.69, 9.17) is 9.47 Å². The van der Waals surface area contributed by atoms with Gasteiger partial charge in [-0.05, 0) is 45.3 Å². The molecular formula is C21H19BrN2O3. The first-order valence-corrected chi connectivity index (χ1v) is 9.17. The van der Waals surface area contributed by atoms with Crippen molar-refractivity contribution in [2.24, 2.45) is 0 Å². The van der Waals surface area contributed by atoms with Crippen LogP contribution in [0.2, 0.25) is 0 Å². The van der Waals surface area contributed by atoms with Crippen LogP contribution in [0.15, 0.2) is 71.5 Å². The van der Waals surface area contributed by atoms with E-state index in [-0.39, 0.29) is 5.91 Å². The third-order valence-corrected chi connectivity index (χ3v) is 4.32. The average molecular weight is 427 g/mol. The van der Waals surface area contributed by atoms with Gasteiger partial charge in [-0.3, -0.25) is 9.78 Å². The monoisotopic (exact) mass is 426 g/mol. The molecule has 0 aliphatic heterocycles. The second-order valence-corrected chi connectivity index (χ2v) is 6.75. The zero-order valence-corrected chi connectivity index (χ0v) is 16.4. The molecule has 1 aromatic heterocycles. The van der Waals surface area contributed by atoms with Gasteiger partial charge in [0.05, 0.1) is 12.7 Å². The van der Waals surface area contributed by atoms with Crippen LogP contribution in [0.4, 0.5) is 0 Å². The zero-order chi connectivity index (χ0) is 19.1. The van der Waals surface area contributed by atoms with Crippen LogP contribution in [0, 0.1) is 0 Å². The molecule has 3 rings (SSSR count). The number of aromatic nitrogens is 1. The van der Waals surface area contributed by atoms with Gasteiger partial charge in [-0.1, -0.05) is 36.4 Å². The lowest BCUT2D eigenvalue weighted by molar-refractivity contribution is 0.0950. The van der Waals surface area contributed by atoms with E-state index in [1.165, 1.54) is 6.20 Å². The van der Waals surface area contributed by atoms with Gasteiger partial charge in [-0.25, -0.2) is 0 Å². The predicted octanol–water partition coefficient (Wildman–Crippen LogP) is 4.36. The van der Waals surface area contributed by atoms with Crippen LogP contribution >= 0.6 is 15.9 Å². The number of ether oxygens (including phenoxy) is 2. The van der Waals surface area contributed by atoms with Gasteiger partial charge >= 0.3 is 0 Å². The molecule has 6 heteroatoms. The number of halogens is 1. The van der Waals surface area contributed by atoms with Gasteiger partial charge in [0.2, 0.25) is 0 Å². The minimum Gasteiger partial charge on any atom is -0.493 e. The smallest absolute Gasteiger partial charge is 0.253 e. The van der Waals surface area contributed by atoms with Crippen LogP contribution in [0.3, 0.4) is 0 Å². The van der Waals surface area contributed by atoms with Crippen molar-refractivity contribution in [1.82, 2.24) is 10.3 Å². The van der Waals surface area contributed by atoms with E-state index in [2.05, 4.69) is 26.2 Å². The Hall–Kier alpha value is -2.86. The second kappa shape index (κ2) is 9.19. The highest BCUT2D eigenvalue weighted by Gasteiger charge is 2.09. The van der Waals surface area contributed by atoms with Crippen molar-refractivity contribution in [3.63, 3.8) is 0 Å². The maximum atomic E-state index is 12.2. The topological polar surface area (TPSA) is 60.5 Å². The number of benzene rings is 2. The highest BCUT2D eigenvalue weighted by molar-refractivity contribution is 9.10. The van der Waals surface area contributed by atoms with Gasteiger partial charge in [0.25, 0.3) is 5.91 Å². The minimum atomic E-state index is -0.188. The van der Waals surface area contributed by atoms with Crippen LogP contribution in [0.5, 0.6) is 11.5 Å².